The Labute approximate surface area is 209 Å². The van der Waals surface area contributed by atoms with Crippen LogP contribution in [0.3, 0.4) is 0 Å². The molecule has 1 heterocycles. The Bertz CT molecular complexity index is 948. The third-order valence-electron chi connectivity index (χ3n) is 8.63. The van der Waals surface area contributed by atoms with Gasteiger partial charge in [0.15, 0.2) is 0 Å². The number of nitrogens with zero attached hydrogens (tertiary/aromatic N) is 1. The molecular formula is C29H41N3O3. The largest absolute Gasteiger partial charge is 0.491 e. The molecule has 6 nitrogen and oxygen atoms in total. The standard InChI is InChI=1S/C29H41N3O3/c1-20(2)35-24-10-4-3-9-21(24)19-31-28(34)26-23-12-11-22(29(23)13-14-29)25(26)27(33)30-15-5-6-16-32-17-7-8-18-32/h3-4,9-12,20,22-23,25-26H,5-8,13-19H2,1-2H3,(H,30,33)(H,31,34)/t22-,23+,25-,26-/m1/s1. The van der Waals surface area contributed by atoms with Gasteiger partial charge in [0.1, 0.15) is 5.75 Å². The van der Waals surface area contributed by atoms with E-state index < -0.39 is 0 Å². The van der Waals surface area contributed by atoms with Crippen molar-refractivity contribution in [3.63, 3.8) is 0 Å². The first-order chi connectivity index (χ1) is 17.0. The van der Waals surface area contributed by atoms with Crippen LogP contribution >= 0.6 is 0 Å². The van der Waals surface area contributed by atoms with E-state index in [1.807, 2.05) is 38.1 Å². The number of benzene rings is 1. The topological polar surface area (TPSA) is 70.7 Å². The van der Waals surface area contributed by atoms with Gasteiger partial charge in [0.25, 0.3) is 0 Å². The zero-order valence-corrected chi connectivity index (χ0v) is 21.3. The Morgan fingerprint density at radius 1 is 1.00 bits per heavy atom. The monoisotopic (exact) mass is 479 g/mol. The lowest BCUT2D eigenvalue weighted by Gasteiger charge is -2.26. The summed E-state index contributed by atoms with van der Waals surface area (Å²) in [4.78, 5) is 29.4. The minimum atomic E-state index is -0.282. The summed E-state index contributed by atoms with van der Waals surface area (Å²) in [5.74, 6) is 0.714. The van der Waals surface area contributed by atoms with Gasteiger partial charge in [-0.25, -0.2) is 0 Å². The van der Waals surface area contributed by atoms with Gasteiger partial charge < -0.3 is 20.3 Å². The molecule has 0 aromatic heterocycles. The van der Waals surface area contributed by atoms with Gasteiger partial charge in [-0.2, -0.15) is 0 Å². The van der Waals surface area contributed by atoms with Crippen molar-refractivity contribution in [2.45, 2.75) is 65.0 Å². The van der Waals surface area contributed by atoms with Crippen molar-refractivity contribution in [3.8, 4) is 5.75 Å². The van der Waals surface area contributed by atoms with Crippen LogP contribution in [0.2, 0.25) is 0 Å². The molecular weight excluding hydrogens is 438 g/mol. The number of hydrogen-bond acceptors (Lipinski definition) is 4. The molecule has 2 N–H and O–H groups in total. The van der Waals surface area contributed by atoms with Crippen LogP contribution in [0.15, 0.2) is 36.4 Å². The number of carbonyl (C=O) groups is 2. The molecule has 1 spiro atoms. The maximum atomic E-state index is 13.5. The third-order valence-corrected chi connectivity index (χ3v) is 8.63. The third kappa shape index (κ3) is 5.00. The van der Waals surface area contributed by atoms with Gasteiger partial charge in [0, 0.05) is 18.7 Å². The minimum absolute atomic E-state index is 0.00154. The van der Waals surface area contributed by atoms with E-state index in [1.165, 1.54) is 25.9 Å². The fourth-order valence-electron chi connectivity index (χ4n) is 6.82. The summed E-state index contributed by atoms with van der Waals surface area (Å²) in [5.41, 5.74) is 1.12. The Balaban J connectivity index is 1.19. The van der Waals surface area contributed by atoms with E-state index in [9.17, 15) is 9.59 Å². The lowest BCUT2D eigenvalue weighted by molar-refractivity contribution is -0.135. The lowest BCUT2D eigenvalue weighted by Crippen LogP contribution is -2.44. The fraction of sp³-hybridized carbons (Fsp3) is 0.655. The maximum Gasteiger partial charge on any atom is 0.224 e. The molecule has 4 atom stereocenters. The molecule has 190 valence electrons. The predicted molar refractivity (Wildman–Crippen MR) is 137 cm³/mol. The van der Waals surface area contributed by atoms with Crippen LogP contribution in [0.5, 0.6) is 5.75 Å². The Morgan fingerprint density at radius 3 is 2.31 bits per heavy atom. The second-order valence-electron chi connectivity index (χ2n) is 11.3. The second kappa shape index (κ2) is 10.3. The first-order valence-electron chi connectivity index (χ1n) is 13.7. The Hall–Kier alpha value is -2.34. The molecule has 3 fully saturated rings. The van der Waals surface area contributed by atoms with Crippen LogP contribution in [0, 0.1) is 29.1 Å². The van der Waals surface area contributed by atoms with Crippen molar-refractivity contribution in [2.75, 3.05) is 26.2 Å². The molecule has 0 radical (unpaired) electrons. The van der Waals surface area contributed by atoms with Crippen molar-refractivity contribution in [1.82, 2.24) is 15.5 Å². The number of unbranched alkanes of at least 4 members (excludes halogenated alkanes) is 1. The highest BCUT2D eigenvalue weighted by molar-refractivity contribution is 5.90. The first-order valence-corrected chi connectivity index (χ1v) is 13.7. The number of amides is 2. The zero-order valence-electron chi connectivity index (χ0n) is 21.3. The van der Waals surface area contributed by atoms with Crippen molar-refractivity contribution in [1.29, 1.82) is 0 Å². The molecule has 1 aromatic carbocycles. The fourth-order valence-corrected chi connectivity index (χ4v) is 6.82. The van der Waals surface area contributed by atoms with Gasteiger partial charge in [0.2, 0.25) is 11.8 Å². The summed E-state index contributed by atoms with van der Waals surface area (Å²) in [6.45, 7) is 8.68. The highest BCUT2D eigenvalue weighted by Crippen LogP contribution is 2.72. The summed E-state index contributed by atoms with van der Waals surface area (Å²) in [6.07, 6.45) is 11.5. The molecule has 3 aliphatic carbocycles. The minimum Gasteiger partial charge on any atom is -0.491 e. The number of para-hydroxylation sites is 1. The van der Waals surface area contributed by atoms with Crippen LogP contribution in [0.1, 0.15) is 57.9 Å². The summed E-state index contributed by atoms with van der Waals surface area (Å²) >= 11 is 0. The first kappa shape index (κ1) is 24.4. The molecule has 6 heteroatoms. The van der Waals surface area contributed by atoms with E-state index in [2.05, 4.69) is 27.7 Å². The van der Waals surface area contributed by atoms with E-state index >= 15 is 0 Å². The molecule has 2 saturated carbocycles. The maximum absolute atomic E-state index is 13.5. The number of allylic oxidation sites excluding steroid dienone is 2. The van der Waals surface area contributed by atoms with Crippen LogP contribution < -0.4 is 15.4 Å². The lowest BCUT2D eigenvalue weighted by atomic mass is 9.81. The van der Waals surface area contributed by atoms with Crippen LogP contribution in [0.25, 0.3) is 0 Å². The van der Waals surface area contributed by atoms with Crippen molar-refractivity contribution in [3.05, 3.63) is 42.0 Å². The molecule has 1 aromatic rings. The molecule has 0 unspecified atom stereocenters. The van der Waals surface area contributed by atoms with Crippen LogP contribution in [-0.4, -0.2) is 49.0 Å². The normalized spacial score (nSPS) is 28.1. The van der Waals surface area contributed by atoms with E-state index in [4.69, 9.17) is 4.74 Å². The Kier molecular flexibility index (Phi) is 7.19. The highest BCUT2D eigenvalue weighted by Gasteiger charge is 2.69. The zero-order chi connectivity index (χ0) is 24.4. The average Bonchev–Trinajstić information content (AvgIpc) is 3.20. The molecule has 2 bridgehead atoms. The van der Waals surface area contributed by atoms with E-state index in [0.29, 0.717) is 13.1 Å². The van der Waals surface area contributed by atoms with Gasteiger partial charge in [-0.15, -0.1) is 0 Å². The number of likely N-dealkylation sites (tertiary alicyclic amines) is 1. The van der Waals surface area contributed by atoms with E-state index in [1.54, 1.807) is 0 Å². The molecule has 2 amide bonds. The van der Waals surface area contributed by atoms with E-state index in [-0.39, 0.29) is 47.0 Å². The van der Waals surface area contributed by atoms with Crippen molar-refractivity contribution < 1.29 is 14.3 Å². The number of rotatable bonds is 11. The van der Waals surface area contributed by atoms with Gasteiger partial charge in [-0.3, -0.25) is 9.59 Å². The van der Waals surface area contributed by atoms with Gasteiger partial charge in [-0.05, 0) is 95.3 Å². The SMILES string of the molecule is CC(C)Oc1ccccc1CNC(=O)[C@H]1[C@H](C(=O)NCCCCN2CCCC2)[C@H]2C=C[C@@H]1C21CC1. The summed E-state index contributed by atoms with van der Waals surface area (Å²) in [5, 5.41) is 6.36. The summed E-state index contributed by atoms with van der Waals surface area (Å²) < 4.78 is 5.92. The number of nitrogens with one attached hydrogen (secondary N) is 2. The molecule has 1 saturated heterocycles. The smallest absolute Gasteiger partial charge is 0.224 e. The second-order valence-corrected chi connectivity index (χ2v) is 11.3. The van der Waals surface area contributed by atoms with Crippen molar-refractivity contribution in [2.24, 2.45) is 29.1 Å². The average molecular weight is 480 g/mol. The van der Waals surface area contributed by atoms with Crippen LogP contribution in [0.4, 0.5) is 0 Å². The van der Waals surface area contributed by atoms with Gasteiger partial charge in [0.05, 0.1) is 17.9 Å². The quantitative estimate of drug-likeness (QED) is 0.373. The van der Waals surface area contributed by atoms with Crippen LogP contribution in [-0.2, 0) is 16.1 Å². The number of hydrogen-bond donors (Lipinski definition) is 2. The molecule has 4 aliphatic rings. The van der Waals surface area contributed by atoms with Crippen molar-refractivity contribution >= 4 is 11.8 Å². The summed E-state index contributed by atoms with van der Waals surface area (Å²) in [7, 11) is 0. The van der Waals surface area contributed by atoms with E-state index in [0.717, 1.165) is 43.5 Å². The number of ether oxygens (including phenoxy) is 1. The number of carbonyl (C=O) groups excluding carboxylic acids is 2. The summed E-state index contributed by atoms with van der Waals surface area (Å²) in [6, 6.07) is 7.86. The molecule has 35 heavy (non-hydrogen) atoms. The van der Waals surface area contributed by atoms with Gasteiger partial charge in [-0.1, -0.05) is 30.4 Å². The van der Waals surface area contributed by atoms with Gasteiger partial charge >= 0.3 is 0 Å². The molecule has 5 rings (SSSR count). The Morgan fingerprint density at radius 2 is 1.66 bits per heavy atom. The predicted octanol–water partition coefficient (Wildman–Crippen LogP) is 3.91. The molecule has 1 aliphatic heterocycles. The highest BCUT2D eigenvalue weighted by atomic mass is 16.5.